The summed E-state index contributed by atoms with van der Waals surface area (Å²) in [5.74, 6) is 3.34. The van der Waals surface area contributed by atoms with Gasteiger partial charge in [-0.2, -0.15) is 0 Å². The molecule has 0 atom stereocenters. The van der Waals surface area contributed by atoms with Gasteiger partial charge < -0.3 is 20.9 Å². The number of hydrogen-bond donors (Lipinski definition) is 2. The van der Waals surface area contributed by atoms with Crippen molar-refractivity contribution in [2.24, 2.45) is 0 Å². The average Bonchev–Trinajstić information content (AvgIpc) is 2.85. The van der Waals surface area contributed by atoms with Gasteiger partial charge in [0.1, 0.15) is 23.0 Å². The minimum atomic E-state index is -0.162. The molecule has 0 heterocycles. The summed E-state index contributed by atoms with van der Waals surface area (Å²) < 4.78 is 12.5. The third-order valence-corrected chi connectivity index (χ3v) is 7.10. The zero-order valence-corrected chi connectivity index (χ0v) is 22.1. The molecule has 4 rings (SSSR count). The van der Waals surface area contributed by atoms with Gasteiger partial charge in [-0.05, 0) is 116 Å². The molecule has 36 heavy (non-hydrogen) atoms. The predicted molar refractivity (Wildman–Crippen MR) is 150 cm³/mol. The molecule has 4 aromatic carbocycles. The molecule has 186 valence electrons. The second-order valence-electron chi connectivity index (χ2n) is 9.91. The van der Waals surface area contributed by atoms with Gasteiger partial charge in [0.25, 0.3) is 0 Å². The van der Waals surface area contributed by atoms with Crippen LogP contribution in [-0.2, 0) is 5.41 Å². The zero-order chi connectivity index (χ0) is 26.0. The Labute approximate surface area is 214 Å². The van der Waals surface area contributed by atoms with Crippen LogP contribution in [0, 0.1) is 27.7 Å². The van der Waals surface area contributed by atoms with Crippen molar-refractivity contribution in [1.29, 1.82) is 0 Å². The van der Waals surface area contributed by atoms with Crippen molar-refractivity contribution in [1.82, 2.24) is 0 Å². The van der Waals surface area contributed by atoms with E-state index in [4.69, 9.17) is 20.9 Å². The van der Waals surface area contributed by atoms with Gasteiger partial charge in [-0.15, -0.1) is 0 Å². The molecular weight excluding hydrogens is 444 g/mol. The van der Waals surface area contributed by atoms with Crippen LogP contribution < -0.4 is 20.9 Å². The van der Waals surface area contributed by atoms with Crippen LogP contribution in [0.3, 0.4) is 0 Å². The Bertz CT molecular complexity index is 1220. The van der Waals surface area contributed by atoms with E-state index in [1.807, 2.05) is 48.5 Å². The van der Waals surface area contributed by atoms with Crippen LogP contribution in [0.25, 0.3) is 0 Å². The van der Waals surface area contributed by atoms with Gasteiger partial charge in [0.15, 0.2) is 0 Å². The molecule has 4 heteroatoms. The Balaban J connectivity index is 1.68. The molecule has 0 radical (unpaired) electrons. The standard InChI is InChI=1S/C32H36N2O2/c1-7-32(6,24-16-20(2)30(21(3)17-24)35-28-12-8-26(33)9-13-28)25-18-22(4)31(23(5)19-25)36-29-14-10-27(34)11-15-29/h8-19H,7,33-34H2,1-6H3. The van der Waals surface area contributed by atoms with Gasteiger partial charge in [0.05, 0.1) is 0 Å². The largest absolute Gasteiger partial charge is 0.457 e. The van der Waals surface area contributed by atoms with E-state index in [2.05, 4.69) is 65.8 Å². The van der Waals surface area contributed by atoms with E-state index >= 15 is 0 Å². The van der Waals surface area contributed by atoms with E-state index in [-0.39, 0.29) is 5.41 Å². The topological polar surface area (TPSA) is 70.5 Å². The molecule has 0 amide bonds. The van der Waals surface area contributed by atoms with Crippen LogP contribution in [0.2, 0.25) is 0 Å². The fourth-order valence-corrected chi connectivity index (χ4v) is 4.74. The first-order valence-corrected chi connectivity index (χ1v) is 12.4. The molecule has 4 aromatic rings. The minimum Gasteiger partial charge on any atom is -0.457 e. The zero-order valence-electron chi connectivity index (χ0n) is 22.1. The molecule has 0 aliphatic heterocycles. The first-order chi connectivity index (χ1) is 17.1. The van der Waals surface area contributed by atoms with Gasteiger partial charge in [0.2, 0.25) is 0 Å². The maximum Gasteiger partial charge on any atom is 0.133 e. The molecule has 0 unspecified atom stereocenters. The Morgan fingerprint density at radius 3 is 1.17 bits per heavy atom. The molecule has 0 aliphatic carbocycles. The van der Waals surface area contributed by atoms with E-state index < -0.39 is 0 Å². The highest BCUT2D eigenvalue weighted by atomic mass is 16.5. The van der Waals surface area contributed by atoms with Crippen molar-refractivity contribution >= 4 is 11.4 Å². The third kappa shape index (κ3) is 5.03. The Kier molecular flexibility index (Phi) is 6.98. The van der Waals surface area contributed by atoms with Crippen LogP contribution in [0.5, 0.6) is 23.0 Å². The fourth-order valence-electron chi connectivity index (χ4n) is 4.74. The molecule has 0 saturated carbocycles. The molecule has 0 aliphatic rings. The molecule has 0 saturated heterocycles. The second kappa shape index (κ2) is 9.98. The summed E-state index contributed by atoms with van der Waals surface area (Å²) in [6, 6.07) is 24.0. The number of nitrogen functional groups attached to an aromatic ring is 2. The van der Waals surface area contributed by atoms with Gasteiger partial charge in [-0.3, -0.25) is 0 Å². The van der Waals surface area contributed by atoms with Crippen molar-refractivity contribution in [3.05, 3.63) is 106 Å². The predicted octanol–water partition coefficient (Wildman–Crippen LogP) is 8.39. The summed E-state index contributed by atoms with van der Waals surface area (Å²) in [5, 5.41) is 0. The summed E-state index contributed by atoms with van der Waals surface area (Å²) in [7, 11) is 0. The first kappa shape index (κ1) is 25.2. The van der Waals surface area contributed by atoms with Crippen molar-refractivity contribution in [2.45, 2.75) is 53.4 Å². The Hall–Kier alpha value is -3.92. The second-order valence-corrected chi connectivity index (χ2v) is 9.91. The monoisotopic (exact) mass is 480 g/mol. The maximum absolute atomic E-state index is 6.24. The summed E-state index contributed by atoms with van der Waals surface area (Å²) in [5.41, 5.74) is 19.9. The summed E-state index contributed by atoms with van der Waals surface area (Å²) in [4.78, 5) is 0. The molecule has 4 nitrogen and oxygen atoms in total. The number of anilines is 2. The van der Waals surface area contributed by atoms with Gasteiger partial charge in [-0.25, -0.2) is 0 Å². The molecular formula is C32H36N2O2. The lowest BCUT2D eigenvalue weighted by atomic mass is 9.72. The number of nitrogens with two attached hydrogens (primary N) is 2. The number of rotatable bonds is 7. The van der Waals surface area contributed by atoms with Crippen LogP contribution in [-0.4, -0.2) is 0 Å². The van der Waals surface area contributed by atoms with Crippen LogP contribution in [0.15, 0.2) is 72.8 Å². The maximum atomic E-state index is 6.24. The summed E-state index contributed by atoms with van der Waals surface area (Å²) >= 11 is 0. The Morgan fingerprint density at radius 1 is 0.583 bits per heavy atom. The third-order valence-electron chi connectivity index (χ3n) is 7.10. The summed E-state index contributed by atoms with van der Waals surface area (Å²) in [6.07, 6.45) is 0.959. The van der Waals surface area contributed by atoms with E-state index in [1.165, 1.54) is 11.1 Å². The van der Waals surface area contributed by atoms with E-state index in [0.717, 1.165) is 63.0 Å². The molecule has 0 aromatic heterocycles. The Morgan fingerprint density at radius 2 is 0.889 bits per heavy atom. The number of ether oxygens (including phenoxy) is 2. The SMILES string of the molecule is CCC(C)(c1cc(C)c(Oc2ccc(N)cc2)c(C)c1)c1cc(C)c(Oc2ccc(N)cc2)c(C)c1. The van der Waals surface area contributed by atoms with Crippen LogP contribution in [0.1, 0.15) is 53.6 Å². The fraction of sp³-hybridized carbons (Fsp3) is 0.250. The molecule has 0 bridgehead atoms. The first-order valence-electron chi connectivity index (χ1n) is 12.4. The highest BCUT2D eigenvalue weighted by Gasteiger charge is 2.29. The minimum absolute atomic E-state index is 0.162. The number of aryl methyl sites for hydroxylation is 4. The molecule has 0 fully saturated rings. The normalized spacial score (nSPS) is 11.4. The summed E-state index contributed by atoms with van der Waals surface area (Å²) in [6.45, 7) is 13.0. The lowest BCUT2D eigenvalue weighted by molar-refractivity contribution is 0.471. The molecule has 0 spiro atoms. The van der Waals surface area contributed by atoms with Crippen molar-refractivity contribution in [2.75, 3.05) is 11.5 Å². The highest BCUT2D eigenvalue weighted by molar-refractivity contribution is 5.54. The van der Waals surface area contributed by atoms with E-state index in [0.29, 0.717) is 0 Å². The number of benzene rings is 4. The molecule has 4 N–H and O–H groups in total. The van der Waals surface area contributed by atoms with Crippen LogP contribution >= 0.6 is 0 Å². The average molecular weight is 481 g/mol. The number of hydrogen-bond acceptors (Lipinski definition) is 4. The van der Waals surface area contributed by atoms with E-state index in [1.54, 1.807) is 0 Å². The lowest BCUT2D eigenvalue weighted by Crippen LogP contribution is -2.23. The lowest BCUT2D eigenvalue weighted by Gasteiger charge is -2.32. The van der Waals surface area contributed by atoms with E-state index in [9.17, 15) is 0 Å². The smallest absolute Gasteiger partial charge is 0.133 e. The van der Waals surface area contributed by atoms with Crippen molar-refractivity contribution in [3.63, 3.8) is 0 Å². The van der Waals surface area contributed by atoms with Crippen LogP contribution in [0.4, 0.5) is 11.4 Å². The van der Waals surface area contributed by atoms with Crippen molar-refractivity contribution < 1.29 is 9.47 Å². The van der Waals surface area contributed by atoms with Gasteiger partial charge in [-0.1, -0.05) is 38.1 Å². The highest BCUT2D eigenvalue weighted by Crippen LogP contribution is 2.42. The quantitative estimate of drug-likeness (QED) is 0.261. The van der Waals surface area contributed by atoms with Gasteiger partial charge in [0, 0.05) is 16.8 Å². The van der Waals surface area contributed by atoms with Gasteiger partial charge >= 0.3 is 0 Å². The van der Waals surface area contributed by atoms with Crippen molar-refractivity contribution in [3.8, 4) is 23.0 Å².